The number of rotatable bonds is 6. The number of aromatic nitrogens is 2. The van der Waals surface area contributed by atoms with E-state index in [0.717, 1.165) is 5.56 Å². The molecule has 0 saturated heterocycles. The third kappa shape index (κ3) is 4.55. The van der Waals surface area contributed by atoms with Crippen LogP contribution in [0.3, 0.4) is 0 Å². The zero-order valence-electron chi connectivity index (χ0n) is 14.3. The van der Waals surface area contributed by atoms with Crippen molar-refractivity contribution in [1.29, 1.82) is 0 Å². The number of nitrogens with one attached hydrogen (secondary N) is 2. The molecule has 0 radical (unpaired) electrons. The molecular formula is C19H19ClN4O2. The van der Waals surface area contributed by atoms with Crippen LogP contribution in [0, 0.1) is 0 Å². The number of anilines is 2. The van der Waals surface area contributed by atoms with Gasteiger partial charge in [0.2, 0.25) is 0 Å². The summed E-state index contributed by atoms with van der Waals surface area (Å²) in [6, 6.07) is 14.2. The van der Waals surface area contributed by atoms with E-state index in [-0.39, 0.29) is 6.03 Å². The number of benzene rings is 2. The lowest BCUT2D eigenvalue weighted by atomic mass is 10.2. The molecule has 134 valence electrons. The van der Waals surface area contributed by atoms with E-state index >= 15 is 0 Å². The predicted molar refractivity (Wildman–Crippen MR) is 103 cm³/mol. The van der Waals surface area contributed by atoms with Gasteiger partial charge in [-0.15, -0.1) is 0 Å². The molecule has 2 amide bonds. The molecule has 0 atom stereocenters. The predicted octanol–water partition coefficient (Wildman–Crippen LogP) is 4.63. The van der Waals surface area contributed by atoms with Gasteiger partial charge in [0.1, 0.15) is 5.75 Å². The number of amides is 2. The Morgan fingerprint density at radius 1 is 1.15 bits per heavy atom. The van der Waals surface area contributed by atoms with Crippen LogP contribution in [0.2, 0.25) is 5.02 Å². The summed E-state index contributed by atoms with van der Waals surface area (Å²) >= 11 is 5.99. The highest BCUT2D eigenvalue weighted by Crippen LogP contribution is 2.28. The maximum absolute atomic E-state index is 12.4. The van der Waals surface area contributed by atoms with E-state index in [0.29, 0.717) is 35.3 Å². The lowest BCUT2D eigenvalue weighted by Gasteiger charge is -2.14. The van der Waals surface area contributed by atoms with Crippen LogP contribution in [-0.4, -0.2) is 22.4 Å². The minimum Gasteiger partial charge on any atom is -0.492 e. The van der Waals surface area contributed by atoms with Crippen LogP contribution in [0.25, 0.3) is 0 Å². The average Bonchev–Trinajstić information content (AvgIpc) is 3.12. The van der Waals surface area contributed by atoms with Gasteiger partial charge in [-0.05, 0) is 36.8 Å². The first-order valence-electron chi connectivity index (χ1n) is 8.21. The molecule has 2 N–H and O–H groups in total. The molecule has 0 saturated carbocycles. The summed E-state index contributed by atoms with van der Waals surface area (Å²) in [5.41, 5.74) is 2.22. The van der Waals surface area contributed by atoms with Crippen LogP contribution >= 0.6 is 11.6 Å². The molecule has 1 aromatic heterocycles. The van der Waals surface area contributed by atoms with Gasteiger partial charge in [0.25, 0.3) is 0 Å². The highest BCUT2D eigenvalue weighted by atomic mass is 35.5. The van der Waals surface area contributed by atoms with Crippen LogP contribution in [0.1, 0.15) is 12.5 Å². The lowest BCUT2D eigenvalue weighted by Crippen LogP contribution is -2.21. The maximum atomic E-state index is 12.4. The topological polar surface area (TPSA) is 68.2 Å². The van der Waals surface area contributed by atoms with Crippen molar-refractivity contribution >= 4 is 29.0 Å². The Balaban J connectivity index is 1.73. The second kappa shape index (κ2) is 8.40. The molecule has 0 bridgehead atoms. The molecule has 3 aromatic rings. The number of carbonyl (C=O) groups excluding carboxylic acids is 1. The number of urea groups is 1. The summed E-state index contributed by atoms with van der Waals surface area (Å²) in [6.45, 7) is 2.91. The second-order valence-corrected chi connectivity index (χ2v) is 5.95. The maximum Gasteiger partial charge on any atom is 0.323 e. The van der Waals surface area contributed by atoms with Crippen molar-refractivity contribution in [3.05, 3.63) is 71.5 Å². The van der Waals surface area contributed by atoms with Gasteiger partial charge in [0.05, 0.1) is 18.8 Å². The Labute approximate surface area is 156 Å². The smallest absolute Gasteiger partial charge is 0.323 e. The molecule has 0 spiro atoms. The molecule has 26 heavy (non-hydrogen) atoms. The van der Waals surface area contributed by atoms with Gasteiger partial charge in [-0.1, -0.05) is 29.8 Å². The van der Waals surface area contributed by atoms with E-state index in [1.807, 2.05) is 43.5 Å². The number of ether oxygens (including phenoxy) is 1. The zero-order valence-corrected chi connectivity index (χ0v) is 15.0. The first-order chi connectivity index (χ1) is 12.7. The van der Waals surface area contributed by atoms with Crippen molar-refractivity contribution in [3.8, 4) is 5.75 Å². The molecule has 0 aliphatic rings. The number of hydrogen-bond donors (Lipinski definition) is 2. The van der Waals surface area contributed by atoms with Gasteiger partial charge in [-0.3, -0.25) is 4.68 Å². The normalized spacial score (nSPS) is 10.4. The van der Waals surface area contributed by atoms with Gasteiger partial charge in [0.15, 0.2) is 0 Å². The molecule has 0 aliphatic carbocycles. The molecule has 7 heteroatoms. The van der Waals surface area contributed by atoms with E-state index in [1.54, 1.807) is 29.1 Å². The fraction of sp³-hybridized carbons (Fsp3) is 0.158. The summed E-state index contributed by atoms with van der Waals surface area (Å²) in [7, 11) is 0. The summed E-state index contributed by atoms with van der Waals surface area (Å²) in [5.74, 6) is 0.528. The monoisotopic (exact) mass is 370 g/mol. The van der Waals surface area contributed by atoms with Crippen molar-refractivity contribution in [2.24, 2.45) is 0 Å². The van der Waals surface area contributed by atoms with Crippen molar-refractivity contribution < 1.29 is 9.53 Å². The highest BCUT2D eigenvalue weighted by Gasteiger charge is 2.11. The number of halogens is 1. The number of hydrogen-bond acceptors (Lipinski definition) is 3. The van der Waals surface area contributed by atoms with Crippen molar-refractivity contribution in [2.75, 3.05) is 17.2 Å². The highest BCUT2D eigenvalue weighted by molar-refractivity contribution is 6.30. The molecule has 0 aliphatic heterocycles. The zero-order chi connectivity index (χ0) is 18.4. The van der Waals surface area contributed by atoms with Crippen LogP contribution < -0.4 is 15.4 Å². The Morgan fingerprint density at radius 3 is 2.73 bits per heavy atom. The largest absolute Gasteiger partial charge is 0.492 e. The molecule has 3 rings (SSSR count). The van der Waals surface area contributed by atoms with E-state index in [1.165, 1.54) is 0 Å². The first-order valence-corrected chi connectivity index (χ1v) is 8.59. The molecule has 0 fully saturated rings. The molecule has 0 unspecified atom stereocenters. The SMILES string of the molecule is CCOc1cc(Cl)ccc1NC(=O)Nc1ccccc1Cn1cccn1. The van der Waals surface area contributed by atoms with Gasteiger partial charge < -0.3 is 15.4 Å². The quantitative estimate of drug-likeness (QED) is 0.664. The van der Waals surface area contributed by atoms with Crippen LogP contribution in [-0.2, 0) is 6.54 Å². The standard InChI is InChI=1S/C19H19ClN4O2/c1-2-26-18-12-15(20)8-9-17(18)23-19(25)22-16-7-4-3-6-14(16)13-24-11-5-10-21-24/h3-12H,2,13H2,1H3,(H2,22,23,25). The van der Waals surface area contributed by atoms with E-state index < -0.39 is 0 Å². The minimum absolute atomic E-state index is 0.360. The number of para-hydroxylation sites is 1. The van der Waals surface area contributed by atoms with E-state index in [9.17, 15) is 4.79 Å². The average molecular weight is 371 g/mol. The van der Waals surface area contributed by atoms with Gasteiger partial charge >= 0.3 is 6.03 Å². The van der Waals surface area contributed by atoms with Gasteiger partial charge in [-0.25, -0.2) is 4.79 Å². The summed E-state index contributed by atoms with van der Waals surface area (Å²) in [6.07, 6.45) is 3.59. The summed E-state index contributed by atoms with van der Waals surface area (Å²) in [5, 5.41) is 10.4. The Kier molecular flexibility index (Phi) is 5.76. The summed E-state index contributed by atoms with van der Waals surface area (Å²) < 4.78 is 7.32. The first kappa shape index (κ1) is 17.8. The Bertz CT molecular complexity index is 881. The minimum atomic E-state index is -0.360. The number of carbonyl (C=O) groups is 1. The van der Waals surface area contributed by atoms with E-state index in [4.69, 9.17) is 16.3 Å². The lowest BCUT2D eigenvalue weighted by molar-refractivity contribution is 0.262. The second-order valence-electron chi connectivity index (χ2n) is 5.51. The van der Waals surface area contributed by atoms with Crippen LogP contribution in [0.4, 0.5) is 16.2 Å². The fourth-order valence-corrected chi connectivity index (χ4v) is 2.66. The van der Waals surface area contributed by atoms with Gasteiger partial charge in [0, 0.05) is 29.2 Å². The van der Waals surface area contributed by atoms with Crippen molar-refractivity contribution in [1.82, 2.24) is 9.78 Å². The molecule has 6 nitrogen and oxygen atoms in total. The van der Waals surface area contributed by atoms with E-state index in [2.05, 4.69) is 15.7 Å². The Morgan fingerprint density at radius 2 is 1.96 bits per heavy atom. The Hall–Kier alpha value is -2.99. The van der Waals surface area contributed by atoms with Crippen LogP contribution in [0.5, 0.6) is 5.75 Å². The summed E-state index contributed by atoms with van der Waals surface area (Å²) in [4.78, 5) is 12.4. The third-order valence-electron chi connectivity index (χ3n) is 3.65. The molecule has 2 aromatic carbocycles. The molecule has 1 heterocycles. The molecular weight excluding hydrogens is 352 g/mol. The third-order valence-corrected chi connectivity index (χ3v) is 3.88. The van der Waals surface area contributed by atoms with Crippen molar-refractivity contribution in [2.45, 2.75) is 13.5 Å². The van der Waals surface area contributed by atoms with Crippen molar-refractivity contribution in [3.63, 3.8) is 0 Å². The fourth-order valence-electron chi connectivity index (χ4n) is 2.50. The van der Waals surface area contributed by atoms with Gasteiger partial charge in [-0.2, -0.15) is 5.10 Å². The number of nitrogens with zero attached hydrogens (tertiary/aromatic N) is 2. The van der Waals surface area contributed by atoms with Crippen LogP contribution in [0.15, 0.2) is 60.9 Å².